The number of halogens is 2. The van der Waals surface area contributed by atoms with Gasteiger partial charge < -0.3 is 9.73 Å². The third kappa shape index (κ3) is 3.46. The number of hydrogen-bond donors (Lipinski definition) is 1. The monoisotopic (exact) mass is 345 g/mol. The molecule has 6 heteroatoms. The average Bonchev–Trinajstić information content (AvgIpc) is 2.57. The highest BCUT2D eigenvalue weighted by molar-refractivity contribution is 6.31. The molecule has 0 fully saturated rings. The molecule has 0 saturated carbocycles. The van der Waals surface area contributed by atoms with Crippen LogP contribution in [0.3, 0.4) is 0 Å². The minimum atomic E-state index is -0.650. The quantitative estimate of drug-likeness (QED) is 0.554. The molecule has 0 radical (unpaired) electrons. The second-order valence-corrected chi connectivity index (χ2v) is 5.62. The Kier molecular flexibility index (Phi) is 4.62. The van der Waals surface area contributed by atoms with Gasteiger partial charge in [-0.15, -0.1) is 0 Å². The zero-order valence-corrected chi connectivity index (χ0v) is 13.3. The van der Waals surface area contributed by atoms with Crippen molar-refractivity contribution in [3.8, 4) is 0 Å². The molecular weight excluding hydrogens is 333 g/mol. The van der Waals surface area contributed by atoms with Crippen LogP contribution in [-0.4, -0.2) is 12.3 Å². The zero-order valence-electron chi connectivity index (χ0n) is 12.5. The van der Waals surface area contributed by atoms with E-state index in [-0.39, 0.29) is 29.3 Å². The lowest BCUT2D eigenvalue weighted by atomic mass is 10.1. The van der Waals surface area contributed by atoms with E-state index in [1.54, 1.807) is 24.3 Å². The Morgan fingerprint density at radius 1 is 1.17 bits per heavy atom. The molecule has 0 aliphatic carbocycles. The Morgan fingerprint density at radius 3 is 2.75 bits per heavy atom. The van der Waals surface area contributed by atoms with Crippen molar-refractivity contribution in [2.75, 3.05) is 11.9 Å². The maximum atomic E-state index is 13.1. The standard InChI is InChI=1S/C18H13ClFNO3/c19-14-10-12(5-6-15(14)20)21-8-7-16(22)13-9-11-3-1-2-4-17(11)24-18(13)23/h1-6,9-10,21H,7-8H2. The number of carbonyl (C=O) groups is 1. The first-order chi connectivity index (χ1) is 11.5. The van der Waals surface area contributed by atoms with Crippen LogP contribution in [0.4, 0.5) is 10.1 Å². The van der Waals surface area contributed by atoms with Crippen LogP contribution in [0.5, 0.6) is 0 Å². The number of fused-ring (bicyclic) bond motifs is 1. The van der Waals surface area contributed by atoms with Gasteiger partial charge in [0.1, 0.15) is 17.0 Å². The summed E-state index contributed by atoms with van der Waals surface area (Å²) in [6, 6.07) is 12.7. The maximum absolute atomic E-state index is 13.1. The van der Waals surface area contributed by atoms with Crippen molar-refractivity contribution >= 4 is 34.0 Å². The summed E-state index contributed by atoms with van der Waals surface area (Å²) < 4.78 is 18.2. The van der Waals surface area contributed by atoms with Crippen molar-refractivity contribution in [1.29, 1.82) is 0 Å². The lowest BCUT2D eigenvalue weighted by molar-refractivity contribution is 0.0983. The van der Waals surface area contributed by atoms with Crippen molar-refractivity contribution in [2.24, 2.45) is 0 Å². The third-order valence-corrected chi connectivity index (χ3v) is 3.83. The second-order valence-electron chi connectivity index (χ2n) is 5.21. The third-order valence-electron chi connectivity index (χ3n) is 3.54. The van der Waals surface area contributed by atoms with Gasteiger partial charge in [-0.2, -0.15) is 0 Å². The topological polar surface area (TPSA) is 59.3 Å². The molecule has 3 rings (SSSR count). The molecule has 2 aromatic carbocycles. The summed E-state index contributed by atoms with van der Waals surface area (Å²) in [5.41, 5.74) is 0.411. The summed E-state index contributed by atoms with van der Waals surface area (Å²) in [5.74, 6) is -0.831. The number of anilines is 1. The average molecular weight is 346 g/mol. The fraction of sp³-hybridized carbons (Fsp3) is 0.111. The van der Waals surface area contributed by atoms with Gasteiger partial charge in [-0.3, -0.25) is 4.79 Å². The predicted molar refractivity (Wildman–Crippen MR) is 91.3 cm³/mol. The molecule has 0 unspecified atom stereocenters. The lowest BCUT2D eigenvalue weighted by Crippen LogP contribution is -2.16. The minimum Gasteiger partial charge on any atom is -0.422 e. The predicted octanol–water partition coefficient (Wildman–Crippen LogP) is 4.27. The Morgan fingerprint density at radius 2 is 1.96 bits per heavy atom. The number of benzene rings is 2. The molecule has 1 aromatic heterocycles. The molecule has 1 N–H and O–H groups in total. The Hall–Kier alpha value is -2.66. The van der Waals surface area contributed by atoms with E-state index in [2.05, 4.69) is 5.32 Å². The van der Waals surface area contributed by atoms with Gasteiger partial charge in [0.15, 0.2) is 5.78 Å². The number of para-hydroxylation sites is 1. The molecule has 0 bridgehead atoms. The van der Waals surface area contributed by atoms with E-state index in [9.17, 15) is 14.0 Å². The molecular formula is C18H13ClFNO3. The van der Waals surface area contributed by atoms with Crippen molar-refractivity contribution in [1.82, 2.24) is 0 Å². The summed E-state index contributed by atoms with van der Waals surface area (Å²) in [7, 11) is 0. The van der Waals surface area contributed by atoms with Crippen molar-refractivity contribution in [3.63, 3.8) is 0 Å². The van der Waals surface area contributed by atoms with Gasteiger partial charge in [-0.25, -0.2) is 9.18 Å². The lowest BCUT2D eigenvalue weighted by Gasteiger charge is -2.07. The summed E-state index contributed by atoms with van der Waals surface area (Å²) in [4.78, 5) is 24.2. The fourth-order valence-electron chi connectivity index (χ4n) is 2.32. The van der Waals surface area contributed by atoms with E-state index in [1.165, 1.54) is 24.3 Å². The van der Waals surface area contributed by atoms with Crippen LogP contribution >= 0.6 is 11.6 Å². The van der Waals surface area contributed by atoms with Crippen molar-refractivity contribution in [2.45, 2.75) is 6.42 Å². The number of nitrogens with one attached hydrogen (secondary N) is 1. The highest BCUT2D eigenvalue weighted by Crippen LogP contribution is 2.19. The van der Waals surface area contributed by atoms with Gasteiger partial charge in [-0.05, 0) is 30.3 Å². The van der Waals surface area contributed by atoms with Crippen LogP contribution in [-0.2, 0) is 0 Å². The largest absolute Gasteiger partial charge is 0.422 e. The van der Waals surface area contributed by atoms with E-state index in [0.29, 0.717) is 16.7 Å². The highest BCUT2D eigenvalue weighted by Gasteiger charge is 2.13. The Balaban J connectivity index is 1.70. The first kappa shape index (κ1) is 16.2. The number of Topliss-reactive ketones (excluding diaryl/α,β-unsaturated/α-hetero) is 1. The van der Waals surface area contributed by atoms with Crippen LogP contribution in [0, 0.1) is 5.82 Å². The van der Waals surface area contributed by atoms with Crippen LogP contribution in [0.15, 0.2) is 57.7 Å². The number of carbonyl (C=O) groups excluding carboxylic acids is 1. The van der Waals surface area contributed by atoms with Crippen LogP contribution in [0.2, 0.25) is 5.02 Å². The molecule has 0 amide bonds. The van der Waals surface area contributed by atoms with Crippen molar-refractivity contribution in [3.05, 3.63) is 75.4 Å². The van der Waals surface area contributed by atoms with Crippen molar-refractivity contribution < 1.29 is 13.6 Å². The number of rotatable bonds is 5. The number of hydrogen-bond acceptors (Lipinski definition) is 4. The molecule has 3 aromatic rings. The van der Waals surface area contributed by atoms with Gasteiger partial charge in [0.05, 0.1) is 5.02 Å². The summed E-state index contributed by atoms with van der Waals surface area (Å²) >= 11 is 5.69. The molecule has 0 spiro atoms. The second kappa shape index (κ2) is 6.84. The Bertz CT molecular complexity index is 968. The summed E-state index contributed by atoms with van der Waals surface area (Å²) in [5, 5.41) is 3.66. The first-order valence-electron chi connectivity index (χ1n) is 7.29. The Labute approximate surface area is 141 Å². The van der Waals surface area contributed by atoms with E-state index in [1.807, 2.05) is 0 Å². The normalized spacial score (nSPS) is 10.8. The van der Waals surface area contributed by atoms with Crippen LogP contribution in [0.25, 0.3) is 11.0 Å². The number of ketones is 1. The van der Waals surface area contributed by atoms with Gasteiger partial charge in [-0.1, -0.05) is 29.8 Å². The first-order valence-corrected chi connectivity index (χ1v) is 7.67. The SMILES string of the molecule is O=C(CCNc1ccc(F)c(Cl)c1)c1cc2ccccc2oc1=O. The van der Waals surface area contributed by atoms with Crippen LogP contribution < -0.4 is 10.9 Å². The zero-order chi connectivity index (χ0) is 17.1. The molecule has 0 aliphatic rings. The van der Waals surface area contributed by atoms with Gasteiger partial charge >= 0.3 is 5.63 Å². The molecule has 0 saturated heterocycles. The molecule has 1 heterocycles. The maximum Gasteiger partial charge on any atom is 0.347 e. The van der Waals surface area contributed by atoms with E-state index in [0.717, 1.165) is 0 Å². The molecule has 0 aliphatic heterocycles. The van der Waals surface area contributed by atoms with Gasteiger partial charge in [0.2, 0.25) is 0 Å². The van der Waals surface area contributed by atoms with E-state index >= 15 is 0 Å². The highest BCUT2D eigenvalue weighted by atomic mass is 35.5. The van der Waals surface area contributed by atoms with Crippen LogP contribution in [0.1, 0.15) is 16.8 Å². The van der Waals surface area contributed by atoms with E-state index in [4.69, 9.17) is 16.0 Å². The molecule has 122 valence electrons. The summed E-state index contributed by atoms with van der Waals surface area (Å²) in [6.45, 7) is 0.285. The fourth-order valence-corrected chi connectivity index (χ4v) is 2.50. The molecule has 24 heavy (non-hydrogen) atoms. The van der Waals surface area contributed by atoms with E-state index < -0.39 is 11.4 Å². The van der Waals surface area contributed by atoms with Gasteiger partial charge in [0.25, 0.3) is 0 Å². The molecule has 4 nitrogen and oxygen atoms in total. The molecule has 0 atom stereocenters. The minimum absolute atomic E-state index is 0.00139. The smallest absolute Gasteiger partial charge is 0.347 e. The van der Waals surface area contributed by atoms with Gasteiger partial charge in [0, 0.05) is 24.0 Å². The summed E-state index contributed by atoms with van der Waals surface area (Å²) in [6.07, 6.45) is 0.0953.